The number of ether oxygens (including phenoxy) is 1. The molecule has 0 saturated heterocycles. The number of hydrogen-bond acceptors (Lipinski definition) is 21. The van der Waals surface area contributed by atoms with Gasteiger partial charge in [-0.1, -0.05) is 18.2 Å². The summed E-state index contributed by atoms with van der Waals surface area (Å²) in [7, 11) is -8.16. The van der Waals surface area contributed by atoms with Gasteiger partial charge in [-0.25, -0.2) is 31.4 Å². The molecule has 0 bridgehead atoms. The van der Waals surface area contributed by atoms with Crippen molar-refractivity contribution in [3.63, 3.8) is 0 Å². The van der Waals surface area contributed by atoms with E-state index in [9.17, 15) is 51.2 Å². The molecular weight excluding hydrogens is 937 g/mol. The average molecular weight is 957 g/mol. The monoisotopic (exact) mass is 956 g/mol. The summed E-state index contributed by atoms with van der Waals surface area (Å²) in [5.74, 6) is -2.85. The van der Waals surface area contributed by atoms with Crippen molar-refractivity contribution >= 4 is 73.7 Å². The Labute approximate surface area is 497 Å². The van der Waals surface area contributed by atoms with Crippen molar-refractivity contribution in [2.45, 2.75) is 19.6 Å². The first-order valence-corrected chi connectivity index (χ1v) is 17.8. The van der Waals surface area contributed by atoms with Crippen molar-refractivity contribution in [2.75, 3.05) is 25.8 Å². The molecule has 29 heteroatoms. The van der Waals surface area contributed by atoms with Gasteiger partial charge in [-0.15, -0.1) is 0 Å². The van der Waals surface area contributed by atoms with Crippen molar-refractivity contribution in [2.24, 2.45) is 5.10 Å². The van der Waals surface area contributed by atoms with Crippen LogP contribution < -0.4 is 221 Å². The van der Waals surface area contributed by atoms with E-state index in [2.05, 4.69) is 28.8 Å². The average Bonchev–Trinajstić information content (AvgIpc) is 3.59. The van der Waals surface area contributed by atoms with Crippen LogP contribution >= 0.6 is 24.1 Å². The zero-order valence-electron chi connectivity index (χ0n) is 30.0. The van der Waals surface area contributed by atoms with Crippen LogP contribution in [-0.4, -0.2) is 79.2 Å². The van der Waals surface area contributed by atoms with Crippen LogP contribution in [0.1, 0.15) is 16.1 Å². The third-order valence-electron chi connectivity index (χ3n) is 6.44. The molecular formula is C27H20K4N4O17S4. The Hall–Kier alpha value is 2.07. The molecule has 2 heterocycles. The number of nitrogens with zero attached hydrogens (tertiary/aromatic N) is 4. The Bertz CT molecular complexity index is 2220. The zero-order valence-corrected chi connectivity index (χ0v) is 45.7. The summed E-state index contributed by atoms with van der Waals surface area (Å²) in [5.41, 5.74) is -2.14. The number of aromatic hydroxyl groups is 1. The molecule has 0 atom stereocenters. The molecule has 1 amide bonds. The second kappa shape index (κ2) is 27.3. The van der Waals surface area contributed by atoms with Gasteiger partial charge in [0.25, 0.3) is 5.91 Å². The van der Waals surface area contributed by atoms with E-state index in [1.165, 1.54) is 31.4 Å². The minimum absolute atomic E-state index is 0. The summed E-state index contributed by atoms with van der Waals surface area (Å²) in [6, 6.07) is 5.94. The number of aromatic nitrogens is 2. The van der Waals surface area contributed by atoms with Gasteiger partial charge in [0, 0.05) is 21.8 Å². The number of amides is 1. The molecule has 1 aromatic heterocycles. The van der Waals surface area contributed by atoms with Crippen LogP contribution in [0.15, 0.2) is 91.0 Å². The molecule has 21 nitrogen and oxygen atoms in total. The van der Waals surface area contributed by atoms with Crippen LogP contribution in [-0.2, 0) is 53.2 Å². The van der Waals surface area contributed by atoms with E-state index in [0.29, 0.717) is 21.7 Å². The first-order chi connectivity index (χ1) is 24.7. The van der Waals surface area contributed by atoms with Crippen LogP contribution in [0.5, 0.6) is 5.88 Å². The molecule has 3 aromatic rings. The fourth-order valence-corrected chi connectivity index (χ4v) is 6.34. The molecule has 1 aliphatic heterocycles. The number of hydrazone groups is 1. The molecule has 2 aromatic carbocycles. The van der Waals surface area contributed by atoms with E-state index >= 15 is 0 Å². The predicted octanol–water partition coefficient (Wildman–Crippen LogP) is -11.8. The Morgan fingerprint density at radius 3 is 2.04 bits per heavy atom. The van der Waals surface area contributed by atoms with E-state index in [1.807, 2.05) is 0 Å². The molecule has 0 radical (unpaired) electrons. The van der Waals surface area contributed by atoms with Gasteiger partial charge >= 0.3 is 212 Å². The first-order valence-electron chi connectivity index (χ1n) is 13.5. The summed E-state index contributed by atoms with van der Waals surface area (Å²) in [4.78, 5) is 33.8. The third kappa shape index (κ3) is 15.4. The van der Waals surface area contributed by atoms with Crippen LogP contribution in [0, 0.1) is 0 Å². The van der Waals surface area contributed by atoms with Crippen molar-refractivity contribution in [3.05, 3.63) is 77.5 Å². The van der Waals surface area contributed by atoms with E-state index in [4.69, 9.17) is 9.62 Å². The van der Waals surface area contributed by atoms with Crippen LogP contribution in [0.4, 0.5) is 5.69 Å². The van der Waals surface area contributed by atoms with Crippen LogP contribution in [0.25, 0.3) is 11.8 Å². The Morgan fingerprint density at radius 2 is 1.48 bits per heavy atom. The Morgan fingerprint density at radius 1 is 0.893 bits per heavy atom. The van der Waals surface area contributed by atoms with Gasteiger partial charge in [-0.2, -0.15) is 24.2 Å². The SMILES string of the molecule is COOCC1=NN(c2cc(SO[O-])ccc2S(=O)(=O)[O-])C(=O)/C1=C/C=C/C=C/c1c(C(=O)OC)nn(-c2cc(SOO[O-])ccc2S(=O)(=O)[O-])c1O.[K+].[K+].[K+].[K+]. The number of carbonyl (C=O) groups is 2. The van der Waals surface area contributed by atoms with E-state index in [1.54, 1.807) is 0 Å². The number of carbonyl (C=O) groups excluding carboxylic acids is 2. The Kier molecular flexibility index (Phi) is 28.3. The van der Waals surface area contributed by atoms with Gasteiger partial charge < -0.3 is 33.8 Å². The largest absolute Gasteiger partial charge is 1.00 e. The van der Waals surface area contributed by atoms with Crippen LogP contribution in [0.2, 0.25) is 0 Å². The quantitative estimate of drug-likeness (QED) is 0.0204. The molecule has 4 rings (SSSR count). The predicted molar refractivity (Wildman–Crippen MR) is 168 cm³/mol. The molecule has 1 N–H and O–H groups in total. The van der Waals surface area contributed by atoms with Crippen LogP contribution in [0.3, 0.4) is 0 Å². The first kappa shape index (κ1) is 58.1. The van der Waals surface area contributed by atoms with Crippen molar-refractivity contribution in [3.8, 4) is 11.6 Å². The fraction of sp³-hybridized carbons (Fsp3) is 0.111. The van der Waals surface area contributed by atoms with Gasteiger partial charge in [0.15, 0.2) is 5.69 Å². The van der Waals surface area contributed by atoms with E-state index in [-0.39, 0.29) is 244 Å². The number of allylic oxidation sites excluding steroid dienone is 4. The van der Waals surface area contributed by atoms with E-state index < -0.39 is 71.5 Å². The second-order valence-electron chi connectivity index (χ2n) is 9.44. The van der Waals surface area contributed by atoms with Gasteiger partial charge in [0.2, 0.25) is 5.88 Å². The van der Waals surface area contributed by atoms with Gasteiger partial charge in [0.1, 0.15) is 32.6 Å². The fourth-order valence-electron chi connectivity index (χ4n) is 4.31. The van der Waals surface area contributed by atoms with Gasteiger partial charge in [-0.3, -0.25) is 9.83 Å². The summed E-state index contributed by atoms with van der Waals surface area (Å²) in [6.07, 6.45) is 6.15. The molecule has 0 aliphatic carbocycles. The number of rotatable bonds is 16. The summed E-state index contributed by atoms with van der Waals surface area (Å²) in [5, 5.41) is 43.7. The summed E-state index contributed by atoms with van der Waals surface area (Å²) >= 11 is 0.612. The van der Waals surface area contributed by atoms with Gasteiger partial charge in [-0.05, 0) is 48.6 Å². The maximum absolute atomic E-state index is 13.4. The number of methoxy groups -OCH3 is 1. The standard InChI is InChI=1S/C27H24N4O17S4.4K/c1-43-27(34)24-18(26(33)31(29-24)21-13-16(50-48-46-35)9-11-23(21)52(40,41)42)7-5-3-4-6-17-19(14-45-44-2)28-30(25(17)32)20-12-15(49-47-36)8-10-22(20)51(37,38)39;;;;/h3-13,33,35-36H,14H2,1-2H3,(H,37,38,39)(H,40,41,42);;;;/q;4*+1/p-4/b4-3+,7-5+,17-6+;;;;. The minimum Gasteiger partial charge on any atom is -0.744 e. The smallest absolute Gasteiger partial charge is 0.744 e. The molecule has 0 saturated carbocycles. The third-order valence-corrected chi connectivity index (χ3v) is 9.29. The molecule has 278 valence electrons. The van der Waals surface area contributed by atoms with Crippen molar-refractivity contribution in [1.82, 2.24) is 9.78 Å². The molecule has 56 heavy (non-hydrogen) atoms. The maximum Gasteiger partial charge on any atom is 1.00 e. The normalized spacial score (nSPS) is 13.6. The number of hydrogen-bond donors (Lipinski definition) is 1. The van der Waals surface area contributed by atoms with E-state index in [0.717, 1.165) is 49.6 Å². The second-order valence-corrected chi connectivity index (χ2v) is 13.7. The zero-order chi connectivity index (χ0) is 38.2. The topological polar surface area (TPSA) is 304 Å². The number of esters is 1. The maximum atomic E-state index is 13.4. The molecule has 1 aliphatic rings. The van der Waals surface area contributed by atoms with Crippen molar-refractivity contribution < 1.29 is 285 Å². The summed E-state index contributed by atoms with van der Waals surface area (Å²) < 4.78 is 85.0. The number of benzene rings is 2. The number of anilines is 1. The molecule has 0 fully saturated rings. The minimum atomic E-state index is -5.19. The Balaban J connectivity index is 0.00000756. The van der Waals surface area contributed by atoms with Crippen molar-refractivity contribution in [1.29, 1.82) is 0 Å². The summed E-state index contributed by atoms with van der Waals surface area (Å²) in [6.45, 7) is -0.432. The molecule has 0 unspecified atom stereocenters. The molecule has 0 spiro atoms. The van der Waals surface area contributed by atoms with Gasteiger partial charge in [0.05, 0.1) is 58.6 Å².